The molecule has 11 heteroatoms. The number of piperidine rings is 3. The van der Waals surface area contributed by atoms with Crippen LogP contribution in [-0.4, -0.2) is 84.4 Å². The molecule has 0 aliphatic carbocycles. The highest BCUT2D eigenvalue weighted by Gasteiger charge is 2.42. The Bertz CT molecular complexity index is 1110. The predicted octanol–water partition coefficient (Wildman–Crippen LogP) is 0.793. The lowest BCUT2D eigenvalue weighted by atomic mass is 9.91. The number of hydrogen-bond donors (Lipinski definition) is 2. The van der Waals surface area contributed by atoms with E-state index in [1.165, 1.54) is 0 Å². The van der Waals surface area contributed by atoms with Gasteiger partial charge < -0.3 is 20.3 Å². The highest BCUT2D eigenvalue weighted by atomic mass is 16.6. The molecule has 4 aliphatic rings. The molecule has 3 N–H and O–H groups in total. The zero-order valence-corrected chi connectivity index (χ0v) is 20.8. The minimum absolute atomic E-state index is 0.0528. The highest BCUT2D eigenvalue weighted by Crippen LogP contribution is 2.34. The molecule has 5 rings (SSSR count). The summed E-state index contributed by atoms with van der Waals surface area (Å²) in [6.45, 7) is 4.45. The van der Waals surface area contributed by atoms with Gasteiger partial charge in [-0.3, -0.25) is 29.4 Å². The van der Waals surface area contributed by atoms with Crippen molar-refractivity contribution in [3.05, 3.63) is 29.3 Å². The Morgan fingerprint density at radius 1 is 1.00 bits per heavy atom. The van der Waals surface area contributed by atoms with Crippen molar-refractivity contribution in [2.45, 2.75) is 57.1 Å². The second kappa shape index (κ2) is 10.5. The van der Waals surface area contributed by atoms with Gasteiger partial charge in [-0.15, -0.1) is 0 Å². The summed E-state index contributed by atoms with van der Waals surface area (Å²) >= 11 is 0. The van der Waals surface area contributed by atoms with Crippen LogP contribution < -0.4 is 16.0 Å². The zero-order chi connectivity index (χ0) is 26.1. The molecule has 0 unspecified atom stereocenters. The number of amides is 5. The molecule has 3 saturated heterocycles. The van der Waals surface area contributed by atoms with Crippen molar-refractivity contribution in [2.75, 3.05) is 37.6 Å². The number of rotatable bonds is 5. The number of nitrogens with one attached hydrogen (secondary N) is 1. The van der Waals surface area contributed by atoms with Crippen molar-refractivity contribution >= 4 is 35.4 Å². The molecule has 11 nitrogen and oxygen atoms in total. The van der Waals surface area contributed by atoms with Crippen LogP contribution in [0, 0.1) is 5.92 Å². The maximum Gasteiger partial charge on any atom is 0.404 e. The van der Waals surface area contributed by atoms with Crippen LogP contribution in [0.3, 0.4) is 0 Å². The number of hydrogen-bond acceptors (Lipinski definition) is 8. The van der Waals surface area contributed by atoms with E-state index in [0.29, 0.717) is 11.5 Å². The van der Waals surface area contributed by atoms with Crippen molar-refractivity contribution in [1.29, 1.82) is 0 Å². The Morgan fingerprint density at radius 3 is 2.41 bits per heavy atom. The number of benzene rings is 1. The van der Waals surface area contributed by atoms with Gasteiger partial charge in [0.25, 0.3) is 5.91 Å². The smallest absolute Gasteiger partial charge is 0.404 e. The van der Waals surface area contributed by atoms with E-state index in [4.69, 9.17) is 10.5 Å². The van der Waals surface area contributed by atoms with Gasteiger partial charge in [0.15, 0.2) is 0 Å². The summed E-state index contributed by atoms with van der Waals surface area (Å²) in [4.78, 5) is 66.9. The summed E-state index contributed by atoms with van der Waals surface area (Å²) in [6.07, 6.45) is 3.13. The molecular formula is C26H33N5O6. The number of primary amides is 1. The summed E-state index contributed by atoms with van der Waals surface area (Å²) in [5, 5.41) is 2.24. The van der Waals surface area contributed by atoms with E-state index in [-0.39, 0.29) is 31.3 Å². The second-order valence-corrected chi connectivity index (χ2v) is 10.4. The summed E-state index contributed by atoms with van der Waals surface area (Å²) in [7, 11) is 0. The van der Waals surface area contributed by atoms with Crippen LogP contribution in [0.15, 0.2) is 18.2 Å². The molecule has 1 aromatic carbocycles. The van der Waals surface area contributed by atoms with Crippen molar-refractivity contribution in [3.8, 4) is 0 Å². The van der Waals surface area contributed by atoms with Gasteiger partial charge in [0, 0.05) is 50.4 Å². The summed E-state index contributed by atoms with van der Waals surface area (Å²) in [6, 6.07) is 4.56. The van der Waals surface area contributed by atoms with Crippen molar-refractivity contribution in [2.24, 2.45) is 11.7 Å². The molecule has 0 aromatic heterocycles. The van der Waals surface area contributed by atoms with Gasteiger partial charge in [-0.1, -0.05) is 6.07 Å². The molecule has 1 atom stereocenters. The number of likely N-dealkylation sites (tertiary alicyclic amines) is 1. The minimum atomic E-state index is -0.947. The first-order valence-electron chi connectivity index (χ1n) is 13.1. The van der Waals surface area contributed by atoms with E-state index >= 15 is 0 Å². The number of fused-ring (bicyclic) bond motifs is 1. The Morgan fingerprint density at radius 2 is 1.73 bits per heavy atom. The third kappa shape index (κ3) is 5.31. The molecule has 4 heterocycles. The quantitative estimate of drug-likeness (QED) is 0.553. The van der Waals surface area contributed by atoms with Crippen LogP contribution in [0.2, 0.25) is 0 Å². The molecular weight excluding hydrogens is 478 g/mol. The van der Waals surface area contributed by atoms with Gasteiger partial charge in [0.2, 0.25) is 17.7 Å². The fourth-order valence-corrected chi connectivity index (χ4v) is 6.08. The first-order valence-corrected chi connectivity index (χ1v) is 13.1. The number of carbonyl (C=O) groups excluding carboxylic acids is 5. The first-order chi connectivity index (χ1) is 17.8. The molecule has 1 aromatic rings. The molecule has 37 heavy (non-hydrogen) atoms. The van der Waals surface area contributed by atoms with E-state index in [9.17, 15) is 24.0 Å². The SMILES string of the molecule is NC(=O)OC1CCN(CC2CCN(c3cccc4c3CC(=O)N([C@H]3CCC(=O)NC3=O)C4=O)CC2)CC1. The van der Waals surface area contributed by atoms with Crippen molar-refractivity contribution < 1.29 is 28.7 Å². The Kier molecular flexibility index (Phi) is 7.14. The van der Waals surface area contributed by atoms with Crippen LogP contribution in [0.4, 0.5) is 10.5 Å². The molecule has 198 valence electrons. The number of carbonyl (C=O) groups is 5. The van der Waals surface area contributed by atoms with E-state index in [2.05, 4.69) is 15.1 Å². The highest BCUT2D eigenvalue weighted by molar-refractivity contribution is 6.14. The average molecular weight is 512 g/mol. The fraction of sp³-hybridized carbons (Fsp3) is 0.577. The monoisotopic (exact) mass is 511 g/mol. The number of nitrogens with zero attached hydrogens (tertiary/aromatic N) is 3. The van der Waals surface area contributed by atoms with Crippen LogP contribution in [-0.2, 0) is 25.5 Å². The summed E-state index contributed by atoms with van der Waals surface area (Å²) in [5.74, 6) is -1.30. The fourth-order valence-electron chi connectivity index (χ4n) is 6.08. The third-order valence-electron chi connectivity index (χ3n) is 8.01. The van der Waals surface area contributed by atoms with Crippen LogP contribution in [0.25, 0.3) is 0 Å². The molecule has 3 fully saturated rings. The lowest BCUT2D eigenvalue weighted by Gasteiger charge is -2.40. The molecule has 0 saturated carbocycles. The number of nitrogens with two attached hydrogens (primary N) is 1. The Balaban J connectivity index is 1.20. The van der Waals surface area contributed by atoms with E-state index in [0.717, 1.165) is 74.6 Å². The van der Waals surface area contributed by atoms with Gasteiger partial charge in [-0.2, -0.15) is 0 Å². The van der Waals surface area contributed by atoms with Crippen molar-refractivity contribution in [3.63, 3.8) is 0 Å². The largest absolute Gasteiger partial charge is 0.446 e. The predicted molar refractivity (Wildman–Crippen MR) is 133 cm³/mol. The standard InChI is InChI=1S/C26H33N5O6/c27-26(36)37-17-8-10-29(11-9-17)15-16-6-12-30(13-7-16)20-3-1-2-18-19(20)14-23(33)31(25(18)35)21-4-5-22(32)28-24(21)34/h1-3,16-17,21H,4-15H2,(H2,27,36)(H,28,32,34)/t21-/m0/s1. The van der Waals surface area contributed by atoms with Crippen molar-refractivity contribution in [1.82, 2.24) is 15.1 Å². The number of anilines is 1. The van der Waals surface area contributed by atoms with Crippen LogP contribution in [0.5, 0.6) is 0 Å². The Hall–Kier alpha value is -3.47. The van der Waals surface area contributed by atoms with Crippen LogP contribution in [0.1, 0.15) is 54.4 Å². The lowest BCUT2D eigenvalue weighted by molar-refractivity contribution is -0.143. The molecule has 0 spiro atoms. The summed E-state index contributed by atoms with van der Waals surface area (Å²) in [5.41, 5.74) is 7.21. The van der Waals surface area contributed by atoms with Gasteiger partial charge in [0.1, 0.15) is 12.1 Å². The van der Waals surface area contributed by atoms with E-state index in [1.54, 1.807) is 6.07 Å². The Labute approximate surface area is 215 Å². The van der Waals surface area contributed by atoms with Crippen LogP contribution >= 0.6 is 0 Å². The topological polar surface area (TPSA) is 142 Å². The minimum Gasteiger partial charge on any atom is -0.446 e. The normalized spacial score (nSPS) is 24.2. The number of ether oxygens (including phenoxy) is 1. The first kappa shape index (κ1) is 25.2. The zero-order valence-electron chi connectivity index (χ0n) is 20.8. The van der Waals surface area contributed by atoms with Gasteiger partial charge >= 0.3 is 6.09 Å². The van der Waals surface area contributed by atoms with E-state index < -0.39 is 29.9 Å². The maximum absolute atomic E-state index is 13.3. The van der Waals surface area contributed by atoms with Gasteiger partial charge in [-0.25, -0.2) is 4.79 Å². The third-order valence-corrected chi connectivity index (χ3v) is 8.01. The molecule has 0 radical (unpaired) electrons. The van der Waals surface area contributed by atoms with Gasteiger partial charge in [0.05, 0.1) is 6.42 Å². The summed E-state index contributed by atoms with van der Waals surface area (Å²) < 4.78 is 5.12. The number of imide groups is 2. The molecule has 4 aliphatic heterocycles. The lowest BCUT2D eigenvalue weighted by Crippen LogP contribution is -2.58. The molecule has 5 amide bonds. The van der Waals surface area contributed by atoms with Gasteiger partial charge in [-0.05, 0) is 55.7 Å². The van der Waals surface area contributed by atoms with E-state index in [1.807, 2.05) is 12.1 Å². The maximum atomic E-state index is 13.3. The second-order valence-electron chi connectivity index (χ2n) is 10.4. The molecule has 0 bridgehead atoms. The average Bonchev–Trinajstić information content (AvgIpc) is 2.86.